The number of carbonyl (C=O) groups excluding carboxylic acids is 2. The van der Waals surface area contributed by atoms with E-state index in [0.29, 0.717) is 60.1 Å². The maximum absolute atomic E-state index is 12.8. The van der Waals surface area contributed by atoms with E-state index >= 15 is 0 Å². The molecule has 1 saturated heterocycles. The number of nitrogens with one attached hydrogen (secondary N) is 2. The molecule has 0 bridgehead atoms. The lowest BCUT2D eigenvalue weighted by Gasteiger charge is -2.36. The van der Waals surface area contributed by atoms with E-state index in [4.69, 9.17) is 15.2 Å². The summed E-state index contributed by atoms with van der Waals surface area (Å²) in [6.45, 7) is -0.0344. The van der Waals surface area contributed by atoms with E-state index in [0.717, 1.165) is 28.8 Å². The molecule has 0 unspecified atom stereocenters. The number of anilines is 3. The average Bonchev–Trinajstić information content (AvgIpc) is 3.64. The van der Waals surface area contributed by atoms with Crippen LogP contribution >= 0.6 is 11.8 Å². The van der Waals surface area contributed by atoms with Crippen molar-refractivity contribution in [1.82, 2.24) is 20.2 Å². The summed E-state index contributed by atoms with van der Waals surface area (Å²) in [6, 6.07) is 32.1. The predicted molar refractivity (Wildman–Crippen MR) is 196 cm³/mol. The van der Waals surface area contributed by atoms with Crippen molar-refractivity contribution >= 4 is 40.6 Å². The number of nitrogens with two attached hydrogens (primary N) is 1. The fourth-order valence-corrected chi connectivity index (χ4v) is 6.66. The molecule has 1 aliphatic rings. The van der Waals surface area contributed by atoms with Gasteiger partial charge < -0.3 is 30.9 Å². The summed E-state index contributed by atoms with van der Waals surface area (Å²) in [4.78, 5) is 25.1. The number of aliphatic hydroxyl groups excluding tert-OH is 1. The molecule has 1 aromatic heterocycles. The van der Waals surface area contributed by atoms with E-state index in [1.165, 1.54) is 11.8 Å². The van der Waals surface area contributed by atoms with Gasteiger partial charge in [-0.2, -0.15) is 4.68 Å². The summed E-state index contributed by atoms with van der Waals surface area (Å²) < 4.78 is 14.7. The van der Waals surface area contributed by atoms with Gasteiger partial charge in [0.1, 0.15) is 0 Å². The van der Waals surface area contributed by atoms with Crippen LogP contribution < -0.4 is 16.4 Å². The van der Waals surface area contributed by atoms with Crippen LogP contribution in [0.2, 0.25) is 0 Å². The largest absolute Gasteiger partial charge is 0.397 e. The average molecular weight is 708 g/mol. The first kappa shape index (κ1) is 35.7. The van der Waals surface area contributed by atoms with Gasteiger partial charge in [0.05, 0.1) is 35.9 Å². The SMILES string of the molecule is Nc1ccccc1NC(=O)CCCCCC(=O)Nc1cccc([C@@H]2O[C@H](CSc3nnnn3-c3ccccc3)C[C@H](c3ccc(CO)cc3)O2)c1. The molecule has 1 fully saturated rings. The lowest BCUT2D eigenvalue weighted by molar-refractivity contribution is -0.245. The number of hydrogen-bond donors (Lipinski definition) is 4. The van der Waals surface area contributed by atoms with Gasteiger partial charge in [-0.05, 0) is 70.8 Å². The zero-order valence-electron chi connectivity index (χ0n) is 28.1. The number of amides is 2. The van der Waals surface area contributed by atoms with Gasteiger partial charge in [-0.25, -0.2) is 0 Å². The van der Waals surface area contributed by atoms with Gasteiger partial charge in [-0.15, -0.1) is 5.10 Å². The monoisotopic (exact) mass is 707 g/mol. The van der Waals surface area contributed by atoms with Crippen LogP contribution in [-0.4, -0.2) is 49.0 Å². The summed E-state index contributed by atoms with van der Waals surface area (Å²) in [5.74, 6) is 0.377. The molecule has 2 heterocycles. The second-order valence-electron chi connectivity index (χ2n) is 12.2. The molecule has 0 aliphatic carbocycles. The summed E-state index contributed by atoms with van der Waals surface area (Å²) in [5, 5.41) is 28.3. The van der Waals surface area contributed by atoms with Gasteiger partial charge in [-0.1, -0.05) is 84.9 Å². The summed E-state index contributed by atoms with van der Waals surface area (Å²) in [5.41, 5.74) is 11.1. The number of ether oxygens (including phenoxy) is 2. The highest BCUT2D eigenvalue weighted by Gasteiger charge is 2.33. The van der Waals surface area contributed by atoms with Gasteiger partial charge in [0.15, 0.2) is 6.29 Å². The maximum atomic E-state index is 12.8. The van der Waals surface area contributed by atoms with Crippen molar-refractivity contribution in [3.05, 3.63) is 120 Å². The molecule has 5 aromatic rings. The van der Waals surface area contributed by atoms with Crippen LogP contribution in [0.1, 0.15) is 67.6 Å². The number of carbonyl (C=O) groups is 2. The van der Waals surface area contributed by atoms with Crippen LogP contribution in [0, 0.1) is 0 Å². The number of aromatic nitrogens is 4. The third kappa shape index (κ3) is 10.0. The third-order valence-corrected chi connectivity index (χ3v) is 9.49. The minimum absolute atomic E-state index is 0.0344. The Hall–Kier alpha value is -5.08. The van der Waals surface area contributed by atoms with E-state index < -0.39 is 6.29 Å². The highest BCUT2D eigenvalue weighted by atomic mass is 32.2. The molecule has 0 radical (unpaired) electrons. The van der Waals surface area contributed by atoms with Gasteiger partial charge in [0, 0.05) is 36.3 Å². The van der Waals surface area contributed by atoms with E-state index in [1.807, 2.05) is 91.0 Å². The molecular weight excluding hydrogens is 667 g/mol. The number of para-hydroxylation sites is 3. The van der Waals surface area contributed by atoms with Crippen LogP contribution in [0.5, 0.6) is 0 Å². The highest BCUT2D eigenvalue weighted by Crippen LogP contribution is 2.40. The zero-order valence-corrected chi connectivity index (χ0v) is 28.9. The van der Waals surface area contributed by atoms with Crippen molar-refractivity contribution in [2.75, 3.05) is 22.1 Å². The molecule has 3 atom stereocenters. The standard InChI is InChI=1S/C38H41N7O5S/c39-32-14-7-8-15-33(32)41-36(48)17-6-2-5-16-35(47)40-29-11-9-10-28(22-29)37-49-31(23-34(50-37)27-20-18-26(24-46)19-21-27)25-51-38-42-43-44-45(38)30-12-3-1-4-13-30/h1,3-4,7-15,18-22,31,34,37,46H,2,5-6,16-17,23-25,39H2,(H,40,47)(H,41,48)/t31-,34+,37+/m0/s1. The van der Waals surface area contributed by atoms with Crippen LogP contribution in [0.4, 0.5) is 17.1 Å². The molecule has 2 amide bonds. The Kier molecular flexibility index (Phi) is 12.4. The number of rotatable bonds is 15. The number of tetrazole rings is 1. The van der Waals surface area contributed by atoms with E-state index in [-0.39, 0.29) is 30.6 Å². The number of unbranched alkanes of at least 4 members (excludes halogenated alkanes) is 2. The van der Waals surface area contributed by atoms with E-state index in [1.54, 1.807) is 16.8 Å². The Balaban J connectivity index is 1.05. The van der Waals surface area contributed by atoms with Crippen molar-refractivity contribution in [3.63, 3.8) is 0 Å². The van der Waals surface area contributed by atoms with Gasteiger partial charge in [0.2, 0.25) is 17.0 Å². The summed E-state index contributed by atoms with van der Waals surface area (Å²) in [6.07, 6.45) is 2.20. The predicted octanol–water partition coefficient (Wildman–Crippen LogP) is 6.60. The van der Waals surface area contributed by atoms with Gasteiger partial charge in [-0.3, -0.25) is 9.59 Å². The molecule has 12 nitrogen and oxygen atoms in total. The molecule has 4 aromatic carbocycles. The first-order valence-electron chi connectivity index (χ1n) is 17.0. The van der Waals surface area contributed by atoms with Gasteiger partial charge in [0.25, 0.3) is 0 Å². The second kappa shape index (κ2) is 17.7. The van der Waals surface area contributed by atoms with Crippen LogP contribution in [0.15, 0.2) is 108 Å². The quantitative estimate of drug-likeness (QED) is 0.0529. The molecule has 1 aliphatic heterocycles. The van der Waals surface area contributed by atoms with E-state index in [2.05, 4.69) is 26.2 Å². The molecule has 264 valence electrons. The van der Waals surface area contributed by atoms with Crippen LogP contribution in [-0.2, 0) is 25.7 Å². The van der Waals surface area contributed by atoms with Gasteiger partial charge >= 0.3 is 0 Å². The minimum atomic E-state index is -0.689. The Bertz CT molecular complexity index is 1890. The number of nitrogen functional groups attached to an aromatic ring is 1. The summed E-state index contributed by atoms with van der Waals surface area (Å²) >= 11 is 1.51. The van der Waals surface area contributed by atoms with Crippen molar-refractivity contribution in [3.8, 4) is 5.69 Å². The molecule has 13 heteroatoms. The topological polar surface area (TPSA) is 167 Å². The number of nitrogens with zero attached hydrogens (tertiary/aromatic N) is 4. The summed E-state index contributed by atoms with van der Waals surface area (Å²) in [7, 11) is 0. The Morgan fingerprint density at radius 3 is 2.35 bits per heavy atom. The number of thioether (sulfide) groups is 1. The molecule has 0 spiro atoms. The van der Waals surface area contributed by atoms with Crippen molar-refractivity contribution in [2.24, 2.45) is 0 Å². The first-order chi connectivity index (χ1) is 24.9. The Labute approximate surface area is 300 Å². The number of benzene rings is 4. The number of hydrogen-bond acceptors (Lipinski definition) is 10. The normalized spacial score (nSPS) is 17.2. The highest BCUT2D eigenvalue weighted by molar-refractivity contribution is 7.99. The fourth-order valence-electron chi connectivity index (χ4n) is 5.75. The smallest absolute Gasteiger partial charge is 0.224 e. The second-order valence-corrected chi connectivity index (χ2v) is 13.2. The van der Waals surface area contributed by atoms with Crippen molar-refractivity contribution < 1.29 is 24.2 Å². The lowest BCUT2D eigenvalue weighted by atomic mass is 10.0. The maximum Gasteiger partial charge on any atom is 0.224 e. The Morgan fingerprint density at radius 1 is 0.843 bits per heavy atom. The minimum Gasteiger partial charge on any atom is -0.397 e. The zero-order chi connectivity index (χ0) is 35.4. The third-order valence-electron chi connectivity index (χ3n) is 8.44. The Morgan fingerprint density at radius 2 is 1.59 bits per heavy atom. The molecular formula is C38H41N7O5S. The fraction of sp³-hybridized carbons (Fsp3) is 0.289. The lowest BCUT2D eigenvalue weighted by Crippen LogP contribution is -2.31. The van der Waals surface area contributed by atoms with Crippen LogP contribution in [0.3, 0.4) is 0 Å². The first-order valence-corrected chi connectivity index (χ1v) is 17.9. The van der Waals surface area contributed by atoms with E-state index in [9.17, 15) is 14.7 Å². The molecule has 0 saturated carbocycles. The van der Waals surface area contributed by atoms with Crippen molar-refractivity contribution in [2.45, 2.75) is 68.8 Å². The molecule has 6 rings (SSSR count). The molecule has 5 N–H and O–H groups in total. The molecule has 51 heavy (non-hydrogen) atoms. The van der Waals surface area contributed by atoms with Crippen molar-refractivity contribution in [1.29, 1.82) is 0 Å². The number of aliphatic hydroxyl groups is 1. The van der Waals surface area contributed by atoms with Crippen LogP contribution in [0.25, 0.3) is 5.69 Å².